The molecule has 0 amide bonds. The molecule has 1 aromatic carbocycles. The van der Waals surface area contributed by atoms with Crippen molar-refractivity contribution < 1.29 is 28.6 Å². The van der Waals surface area contributed by atoms with Gasteiger partial charge < -0.3 is 23.8 Å². The van der Waals surface area contributed by atoms with Gasteiger partial charge in [-0.2, -0.15) is 0 Å². The van der Waals surface area contributed by atoms with E-state index in [2.05, 4.69) is 4.85 Å². The van der Waals surface area contributed by atoms with Crippen molar-refractivity contribution >= 4 is 11.7 Å². The van der Waals surface area contributed by atoms with Gasteiger partial charge >= 0.3 is 5.97 Å². The van der Waals surface area contributed by atoms with Gasteiger partial charge in [-0.1, -0.05) is 24.3 Å². The number of hydrogen-bond donors (Lipinski definition) is 0. The number of hydroxylamine groups is 2. The summed E-state index contributed by atoms with van der Waals surface area (Å²) in [6.07, 6.45) is 0. The van der Waals surface area contributed by atoms with E-state index in [0.29, 0.717) is 77.2 Å². The summed E-state index contributed by atoms with van der Waals surface area (Å²) in [6, 6.07) is 6.32. The lowest BCUT2D eigenvalue weighted by Crippen LogP contribution is -2.34. The van der Waals surface area contributed by atoms with Gasteiger partial charge in [-0.3, -0.25) is 0 Å². The minimum Gasteiger partial charge on any atom is -0.378 e. The van der Waals surface area contributed by atoms with Crippen LogP contribution < -0.4 is 0 Å². The van der Waals surface area contributed by atoms with E-state index in [1.807, 2.05) is 0 Å². The molecule has 8 nitrogen and oxygen atoms in total. The van der Waals surface area contributed by atoms with Crippen LogP contribution in [0.3, 0.4) is 0 Å². The third kappa shape index (κ3) is 7.91. The molecular weight excluding hydrogens is 340 g/mol. The number of ether oxygens (including phenoxy) is 4. The van der Waals surface area contributed by atoms with Crippen molar-refractivity contribution in [1.82, 2.24) is 5.06 Å². The molecule has 8 heteroatoms. The van der Waals surface area contributed by atoms with Gasteiger partial charge in [0.2, 0.25) is 0 Å². The Labute approximate surface area is 153 Å². The van der Waals surface area contributed by atoms with E-state index < -0.39 is 5.97 Å². The highest BCUT2D eigenvalue weighted by atomic mass is 16.7. The third-order valence-corrected chi connectivity index (χ3v) is 3.53. The Balaban J connectivity index is 1.85. The van der Waals surface area contributed by atoms with Gasteiger partial charge in [-0.05, 0) is 0 Å². The highest BCUT2D eigenvalue weighted by Crippen LogP contribution is 2.13. The van der Waals surface area contributed by atoms with Crippen molar-refractivity contribution in [1.29, 1.82) is 0 Å². The van der Waals surface area contributed by atoms with E-state index in [9.17, 15) is 4.79 Å². The number of benzene rings is 1. The molecule has 1 heterocycles. The molecule has 0 unspecified atom stereocenters. The SMILES string of the molecule is [C-]#[N+]c1ccc(C(=O)ON2CCOCCOCCOCCOCC2)cc1. The van der Waals surface area contributed by atoms with E-state index in [-0.39, 0.29) is 0 Å². The Morgan fingerprint density at radius 3 is 1.77 bits per heavy atom. The first-order valence-corrected chi connectivity index (χ1v) is 8.55. The molecule has 0 N–H and O–H groups in total. The Hall–Kier alpha value is -2.02. The summed E-state index contributed by atoms with van der Waals surface area (Å²) in [7, 11) is 0. The van der Waals surface area contributed by atoms with Crippen LogP contribution in [0.1, 0.15) is 10.4 Å². The summed E-state index contributed by atoms with van der Waals surface area (Å²) in [5, 5.41) is 1.52. The summed E-state index contributed by atoms with van der Waals surface area (Å²) in [4.78, 5) is 21.0. The predicted octanol–water partition coefficient (Wildman–Crippen LogP) is 1.69. The van der Waals surface area contributed by atoms with Gasteiger partial charge in [0.1, 0.15) is 0 Å². The standard InChI is InChI=1S/C18H24N2O6/c1-19-17-4-2-16(3-5-17)18(21)26-20-6-8-22-10-12-24-14-15-25-13-11-23-9-7-20/h2-5H,6-15H2. The fourth-order valence-electron chi connectivity index (χ4n) is 2.14. The molecule has 1 aliphatic heterocycles. The molecule has 1 fully saturated rings. The van der Waals surface area contributed by atoms with Crippen molar-refractivity contribution in [2.24, 2.45) is 0 Å². The number of nitrogens with zero attached hydrogens (tertiary/aromatic N) is 2. The lowest BCUT2D eigenvalue weighted by Gasteiger charge is -2.21. The van der Waals surface area contributed by atoms with Gasteiger partial charge in [0.05, 0.1) is 78.1 Å². The molecule has 26 heavy (non-hydrogen) atoms. The van der Waals surface area contributed by atoms with Crippen LogP contribution in [0, 0.1) is 6.57 Å². The summed E-state index contributed by atoms with van der Waals surface area (Å²) < 4.78 is 21.7. The van der Waals surface area contributed by atoms with Gasteiger partial charge in [0.25, 0.3) is 0 Å². The summed E-state index contributed by atoms with van der Waals surface area (Å²) in [6.45, 7) is 11.6. The van der Waals surface area contributed by atoms with Gasteiger partial charge in [-0.25, -0.2) is 9.64 Å². The van der Waals surface area contributed by atoms with E-state index in [1.54, 1.807) is 24.3 Å². The summed E-state index contributed by atoms with van der Waals surface area (Å²) in [5.41, 5.74) is 0.860. The van der Waals surface area contributed by atoms with Crippen LogP contribution in [-0.4, -0.2) is 77.0 Å². The molecule has 142 valence electrons. The maximum absolute atomic E-state index is 12.3. The molecule has 0 radical (unpaired) electrons. The zero-order valence-corrected chi connectivity index (χ0v) is 14.7. The second-order valence-electron chi connectivity index (χ2n) is 5.42. The van der Waals surface area contributed by atoms with Crippen LogP contribution >= 0.6 is 0 Å². The highest BCUT2D eigenvalue weighted by Gasteiger charge is 2.14. The fourth-order valence-corrected chi connectivity index (χ4v) is 2.14. The molecule has 1 saturated heterocycles. The maximum Gasteiger partial charge on any atom is 0.356 e. The Morgan fingerprint density at radius 2 is 1.31 bits per heavy atom. The van der Waals surface area contributed by atoms with Crippen molar-refractivity contribution in [2.45, 2.75) is 0 Å². The molecule has 0 saturated carbocycles. The molecular formula is C18H24N2O6. The largest absolute Gasteiger partial charge is 0.378 e. The smallest absolute Gasteiger partial charge is 0.356 e. The van der Waals surface area contributed by atoms with Crippen molar-refractivity contribution in [3.63, 3.8) is 0 Å². The molecule has 2 rings (SSSR count). The van der Waals surface area contributed by atoms with Crippen molar-refractivity contribution in [2.75, 3.05) is 65.9 Å². The maximum atomic E-state index is 12.3. The second kappa shape index (κ2) is 12.4. The van der Waals surface area contributed by atoms with Crippen molar-refractivity contribution in [3.05, 3.63) is 41.2 Å². The minimum atomic E-state index is -0.480. The zero-order valence-electron chi connectivity index (χ0n) is 14.7. The van der Waals surface area contributed by atoms with E-state index in [0.717, 1.165) is 0 Å². The summed E-state index contributed by atoms with van der Waals surface area (Å²) >= 11 is 0. The van der Waals surface area contributed by atoms with E-state index in [1.165, 1.54) is 5.06 Å². The molecule has 0 aliphatic carbocycles. The van der Waals surface area contributed by atoms with Crippen LogP contribution in [-0.2, 0) is 23.8 Å². The number of hydrogen-bond acceptors (Lipinski definition) is 7. The molecule has 1 aliphatic rings. The second-order valence-corrected chi connectivity index (χ2v) is 5.42. The highest BCUT2D eigenvalue weighted by molar-refractivity contribution is 5.89. The van der Waals surface area contributed by atoms with Crippen LogP contribution in [0.4, 0.5) is 5.69 Å². The summed E-state index contributed by atoms with van der Waals surface area (Å²) in [5.74, 6) is -0.480. The molecule has 0 bridgehead atoms. The molecule has 0 spiro atoms. The predicted molar refractivity (Wildman–Crippen MR) is 93.0 cm³/mol. The Morgan fingerprint density at radius 1 is 0.846 bits per heavy atom. The van der Waals surface area contributed by atoms with Crippen LogP contribution in [0.5, 0.6) is 0 Å². The molecule has 1 aromatic rings. The average molecular weight is 364 g/mol. The van der Waals surface area contributed by atoms with Crippen LogP contribution in [0.25, 0.3) is 4.85 Å². The Bertz CT molecular complexity index is 556. The van der Waals surface area contributed by atoms with E-state index >= 15 is 0 Å². The number of carbonyl (C=O) groups is 1. The van der Waals surface area contributed by atoms with Crippen LogP contribution in [0.2, 0.25) is 0 Å². The van der Waals surface area contributed by atoms with Gasteiger partial charge in [0.15, 0.2) is 5.69 Å². The Kier molecular flexibility index (Phi) is 9.64. The third-order valence-electron chi connectivity index (χ3n) is 3.53. The van der Waals surface area contributed by atoms with Gasteiger partial charge in [0, 0.05) is 0 Å². The molecule has 0 atom stereocenters. The average Bonchev–Trinajstić information content (AvgIpc) is 2.68. The van der Waals surface area contributed by atoms with Gasteiger partial charge in [-0.15, -0.1) is 5.06 Å². The fraction of sp³-hybridized carbons (Fsp3) is 0.556. The quantitative estimate of drug-likeness (QED) is 0.740. The molecule has 0 aromatic heterocycles. The first kappa shape index (κ1) is 20.3. The minimum absolute atomic E-state index is 0.386. The topological polar surface area (TPSA) is 70.8 Å². The number of rotatable bonds is 2. The first-order valence-electron chi connectivity index (χ1n) is 8.55. The van der Waals surface area contributed by atoms with Crippen molar-refractivity contribution in [3.8, 4) is 0 Å². The van der Waals surface area contributed by atoms with E-state index in [4.69, 9.17) is 30.4 Å². The van der Waals surface area contributed by atoms with Crippen LogP contribution in [0.15, 0.2) is 24.3 Å². The first-order chi connectivity index (χ1) is 12.8. The zero-order chi connectivity index (χ0) is 18.5. The lowest BCUT2D eigenvalue weighted by atomic mass is 10.2. The lowest BCUT2D eigenvalue weighted by molar-refractivity contribution is -0.129. The monoisotopic (exact) mass is 364 g/mol. The normalized spacial score (nSPS) is 18.9. The number of carbonyl (C=O) groups excluding carboxylic acids is 1.